The first kappa shape index (κ1) is 13.1. The zero-order valence-corrected chi connectivity index (χ0v) is 10.7. The van der Waals surface area contributed by atoms with E-state index in [4.69, 9.17) is 16.3 Å². The van der Waals surface area contributed by atoms with E-state index in [2.05, 4.69) is 5.32 Å². The van der Waals surface area contributed by atoms with Gasteiger partial charge in [-0.3, -0.25) is 10.1 Å². The van der Waals surface area contributed by atoms with Gasteiger partial charge in [0, 0.05) is 19.2 Å². The molecule has 0 spiro atoms. The molecule has 1 N–H and O–H groups in total. The molecule has 1 saturated carbocycles. The number of nitro benzene ring substituents is 1. The van der Waals surface area contributed by atoms with E-state index in [0.717, 1.165) is 12.5 Å². The van der Waals surface area contributed by atoms with Gasteiger partial charge in [-0.05, 0) is 24.8 Å². The number of anilines is 1. The molecule has 0 aromatic heterocycles. The highest BCUT2D eigenvalue weighted by atomic mass is 35.5. The molecule has 1 aliphatic carbocycles. The third-order valence-electron chi connectivity index (χ3n) is 2.79. The number of nitrogens with zero attached hydrogens (tertiary/aromatic N) is 1. The summed E-state index contributed by atoms with van der Waals surface area (Å²) in [6, 6.07) is 4.62. The van der Waals surface area contributed by atoms with E-state index in [9.17, 15) is 10.1 Å². The van der Waals surface area contributed by atoms with Gasteiger partial charge in [-0.15, -0.1) is 0 Å². The van der Waals surface area contributed by atoms with Crippen molar-refractivity contribution in [1.29, 1.82) is 0 Å². The predicted octanol–water partition coefficient (Wildman–Crippen LogP) is 3.09. The van der Waals surface area contributed by atoms with Gasteiger partial charge in [0.1, 0.15) is 5.69 Å². The van der Waals surface area contributed by atoms with Crippen molar-refractivity contribution in [2.24, 2.45) is 5.92 Å². The number of rotatable bonds is 7. The van der Waals surface area contributed by atoms with Gasteiger partial charge in [0.15, 0.2) is 0 Å². The molecule has 6 heteroatoms. The zero-order chi connectivity index (χ0) is 13.0. The van der Waals surface area contributed by atoms with Gasteiger partial charge < -0.3 is 10.1 Å². The Morgan fingerprint density at radius 3 is 2.94 bits per heavy atom. The highest BCUT2D eigenvalue weighted by Gasteiger charge is 2.21. The Bertz CT molecular complexity index is 435. The second kappa shape index (κ2) is 6.02. The van der Waals surface area contributed by atoms with Crippen molar-refractivity contribution >= 4 is 23.0 Å². The first-order valence-corrected chi connectivity index (χ1v) is 6.31. The van der Waals surface area contributed by atoms with Crippen molar-refractivity contribution in [1.82, 2.24) is 0 Å². The van der Waals surface area contributed by atoms with Crippen LogP contribution in [0.4, 0.5) is 11.4 Å². The highest BCUT2D eigenvalue weighted by Crippen LogP contribution is 2.31. The van der Waals surface area contributed by atoms with Gasteiger partial charge >= 0.3 is 0 Å². The Labute approximate surface area is 110 Å². The quantitative estimate of drug-likeness (QED) is 0.470. The minimum atomic E-state index is -0.445. The highest BCUT2D eigenvalue weighted by molar-refractivity contribution is 6.33. The Balaban J connectivity index is 1.84. The van der Waals surface area contributed by atoms with E-state index >= 15 is 0 Å². The molecule has 18 heavy (non-hydrogen) atoms. The standard InChI is InChI=1S/C12H15ClN2O3/c13-10-2-1-3-11(15(16)17)12(10)14-6-7-18-8-9-4-5-9/h1-3,9,14H,4-8H2. The van der Waals surface area contributed by atoms with Crippen LogP contribution < -0.4 is 5.32 Å². The smallest absolute Gasteiger partial charge is 0.293 e. The average Bonchev–Trinajstić information content (AvgIpc) is 3.14. The van der Waals surface area contributed by atoms with Crippen LogP contribution in [0.3, 0.4) is 0 Å². The third kappa shape index (κ3) is 3.58. The summed E-state index contributed by atoms with van der Waals surface area (Å²) >= 11 is 5.94. The van der Waals surface area contributed by atoms with Gasteiger partial charge in [0.2, 0.25) is 0 Å². The minimum Gasteiger partial charge on any atom is -0.379 e. The maximum Gasteiger partial charge on any atom is 0.293 e. The van der Waals surface area contributed by atoms with Crippen molar-refractivity contribution in [3.8, 4) is 0 Å². The van der Waals surface area contributed by atoms with Gasteiger partial charge in [-0.25, -0.2) is 0 Å². The summed E-state index contributed by atoms with van der Waals surface area (Å²) in [5.41, 5.74) is 0.351. The second-order valence-corrected chi connectivity index (χ2v) is 4.74. The molecule has 0 unspecified atom stereocenters. The molecule has 2 rings (SSSR count). The maximum absolute atomic E-state index is 10.8. The van der Waals surface area contributed by atoms with Gasteiger partial charge in [0.25, 0.3) is 5.69 Å². The van der Waals surface area contributed by atoms with Crippen molar-refractivity contribution in [2.75, 3.05) is 25.1 Å². The molecule has 0 atom stereocenters. The van der Waals surface area contributed by atoms with Crippen LogP contribution in [0.5, 0.6) is 0 Å². The molecule has 5 nitrogen and oxygen atoms in total. The lowest BCUT2D eigenvalue weighted by Crippen LogP contribution is -2.12. The number of halogens is 1. The number of nitrogens with one attached hydrogen (secondary N) is 1. The van der Waals surface area contributed by atoms with Crippen LogP contribution in [0, 0.1) is 16.0 Å². The van der Waals surface area contributed by atoms with E-state index in [0.29, 0.717) is 23.9 Å². The van der Waals surface area contributed by atoms with Crippen molar-refractivity contribution in [3.63, 3.8) is 0 Å². The van der Waals surface area contributed by atoms with Crippen molar-refractivity contribution in [2.45, 2.75) is 12.8 Å². The van der Waals surface area contributed by atoms with Crippen LogP contribution in [0.1, 0.15) is 12.8 Å². The third-order valence-corrected chi connectivity index (χ3v) is 3.10. The largest absolute Gasteiger partial charge is 0.379 e. The second-order valence-electron chi connectivity index (χ2n) is 4.34. The summed E-state index contributed by atoms with van der Waals surface area (Å²) in [5, 5.41) is 14.1. The number of benzene rings is 1. The SMILES string of the molecule is O=[N+]([O-])c1cccc(Cl)c1NCCOCC1CC1. The lowest BCUT2D eigenvalue weighted by Gasteiger charge is -2.09. The minimum absolute atomic E-state index is 0.00954. The molecule has 0 saturated heterocycles. The number of nitro groups is 1. The number of hydrogen-bond acceptors (Lipinski definition) is 4. The van der Waals surface area contributed by atoms with Crippen LogP contribution >= 0.6 is 11.6 Å². The van der Waals surface area contributed by atoms with E-state index in [-0.39, 0.29) is 5.69 Å². The van der Waals surface area contributed by atoms with Crippen LogP contribution in [0.25, 0.3) is 0 Å². The summed E-state index contributed by atoms with van der Waals surface area (Å²) in [6.45, 7) is 1.82. The Kier molecular flexibility index (Phi) is 4.38. The topological polar surface area (TPSA) is 64.4 Å². The van der Waals surface area contributed by atoms with E-state index in [1.54, 1.807) is 12.1 Å². The van der Waals surface area contributed by atoms with Crippen molar-refractivity contribution in [3.05, 3.63) is 33.3 Å². The lowest BCUT2D eigenvalue weighted by atomic mass is 10.2. The van der Waals surface area contributed by atoms with E-state index < -0.39 is 4.92 Å². The van der Waals surface area contributed by atoms with Crippen LogP contribution in [-0.4, -0.2) is 24.7 Å². The summed E-state index contributed by atoms with van der Waals surface area (Å²) in [4.78, 5) is 10.4. The predicted molar refractivity (Wildman–Crippen MR) is 70.1 cm³/mol. The molecular formula is C12H15ClN2O3. The number of ether oxygens (including phenoxy) is 1. The fraction of sp³-hybridized carbons (Fsp3) is 0.500. The fourth-order valence-electron chi connectivity index (χ4n) is 1.62. The molecular weight excluding hydrogens is 256 g/mol. The summed E-state index contributed by atoms with van der Waals surface area (Å²) in [7, 11) is 0. The first-order chi connectivity index (χ1) is 8.68. The molecule has 1 fully saturated rings. The molecule has 1 aromatic rings. The molecule has 98 valence electrons. The Morgan fingerprint density at radius 1 is 1.50 bits per heavy atom. The number of hydrogen-bond donors (Lipinski definition) is 1. The van der Waals surface area contributed by atoms with E-state index in [1.807, 2.05) is 0 Å². The van der Waals surface area contributed by atoms with Crippen molar-refractivity contribution < 1.29 is 9.66 Å². The zero-order valence-electron chi connectivity index (χ0n) is 9.89. The van der Waals surface area contributed by atoms with Crippen LogP contribution in [0.15, 0.2) is 18.2 Å². The molecule has 1 aromatic carbocycles. The number of para-hydroxylation sites is 1. The van der Waals surface area contributed by atoms with Gasteiger partial charge in [0.05, 0.1) is 16.6 Å². The van der Waals surface area contributed by atoms with Crippen LogP contribution in [-0.2, 0) is 4.74 Å². The Morgan fingerprint density at radius 2 is 2.28 bits per heavy atom. The summed E-state index contributed by atoms with van der Waals surface area (Å²) < 4.78 is 5.44. The molecule has 0 heterocycles. The first-order valence-electron chi connectivity index (χ1n) is 5.93. The molecule has 0 aliphatic heterocycles. The lowest BCUT2D eigenvalue weighted by molar-refractivity contribution is -0.383. The maximum atomic E-state index is 10.8. The van der Waals surface area contributed by atoms with E-state index in [1.165, 1.54) is 18.9 Å². The van der Waals surface area contributed by atoms with Gasteiger partial charge in [-0.2, -0.15) is 0 Å². The van der Waals surface area contributed by atoms with Gasteiger partial charge in [-0.1, -0.05) is 17.7 Å². The summed E-state index contributed by atoms with van der Waals surface area (Å²) in [6.07, 6.45) is 2.51. The Hall–Kier alpha value is -1.33. The molecule has 0 bridgehead atoms. The molecule has 1 aliphatic rings. The fourth-order valence-corrected chi connectivity index (χ4v) is 1.86. The molecule has 0 amide bonds. The average molecular weight is 271 g/mol. The van der Waals surface area contributed by atoms with Crippen LogP contribution in [0.2, 0.25) is 5.02 Å². The normalized spacial score (nSPS) is 14.5. The molecule has 0 radical (unpaired) electrons. The monoisotopic (exact) mass is 270 g/mol. The summed E-state index contributed by atoms with van der Waals surface area (Å²) in [5.74, 6) is 0.722.